The van der Waals surface area contributed by atoms with Crippen LogP contribution in [0.25, 0.3) is 0 Å². The van der Waals surface area contributed by atoms with Gasteiger partial charge in [0.1, 0.15) is 5.82 Å². The van der Waals surface area contributed by atoms with Crippen molar-refractivity contribution >= 4 is 23.1 Å². The van der Waals surface area contributed by atoms with Gasteiger partial charge < -0.3 is 14.5 Å². The average molecular weight is 329 g/mol. The normalized spacial score (nSPS) is 17.9. The van der Waals surface area contributed by atoms with E-state index in [-0.39, 0.29) is 5.91 Å². The number of ether oxygens (including phenoxy) is 1. The molecule has 0 bridgehead atoms. The van der Waals surface area contributed by atoms with Crippen molar-refractivity contribution < 1.29 is 9.53 Å². The third-order valence-corrected chi connectivity index (χ3v) is 5.45. The molecule has 2 aromatic rings. The van der Waals surface area contributed by atoms with Gasteiger partial charge in [0.25, 0.3) is 5.91 Å². The fourth-order valence-electron chi connectivity index (χ4n) is 3.18. The topological polar surface area (TPSA) is 45.7 Å². The summed E-state index contributed by atoms with van der Waals surface area (Å²) in [4.78, 5) is 23.0. The van der Waals surface area contributed by atoms with Gasteiger partial charge in [-0.2, -0.15) is 0 Å². The molecule has 120 valence electrons. The molecule has 4 rings (SSSR count). The number of aromatic nitrogens is 1. The molecule has 0 N–H and O–H groups in total. The average Bonchev–Trinajstić information content (AvgIpc) is 3.09. The zero-order valence-corrected chi connectivity index (χ0v) is 13.7. The highest BCUT2D eigenvalue weighted by Gasteiger charge is 2.26. The largest absolute Gasteiger partial charge is 0.378 e. The monoisotopic (exact) mass is 329 g/mol. The first-order valence-electron chi connectivity index (χ1n) is 7.95. The first-order valence-corrected chi connectivity index (χ1v) is 8.83. The van der Waals surface area contributed by atoms with Crippen LogP contribution in [0.5, 0.6) is 0 Å². The van der Waals surface area contributed by atoms with Crippen LogP contribution < -0.4 is 4.90 Å². The van der Waals surface area contributed by atoms with Gasteiger partial charge in [0.2, 0.25) is 0 Å². The van der Waals surface area contributed by atoms with Gasteiger partial charge in [-0.15, -0.1) is 11.3 Å². The molecule has 2 aromatic heterocycles. The minimum atomic E-state index is 0.0800. The minimum Gasteiger partial charge on any atom is -0.378 e. The first kappa shape index (κ1) is 14.7. The van der Waals surface area contributed by atoms with Crippen LogP contribution in [0.15, 0.2) is 29.8 Å². The van der Waals surface area contributed by atoms with Gasteiger partial charge in [-0.1, -0.05) is 0 Å². The maximum absolute atomic E-state index is 13.0. The second kappa shape index (κ2) is 6.29. The van der Waals surface area contributed by atoms with Crippen molar-refractivity contribution in [3.63, 3.8) is 0 Å². The summed E-state index contributed by atoms with van der Waals surface area (Å²) in [5.41, 5.74) is 1.99. The van der Waals surface area contributed by atoms with E-state index in [1.54, 1.807) is 17.5 Å². The predicted molar refractivity (Wildman–Crippen MR) is 90.0 cm³/mol. The molecule has 2 aliphatic heterocycles. The minimum absolute atomic E-state index is 0.0800. The molecule has 0 atom stereocenters. The van der Waals surface area contributed by atoms with E-state index in [1.165, 1.54) is 10.4 Å². The number of amides is 1. The van der Waals surface area contributed by atoms with Crippen LogP contribution in [0.4, 0.5) is 5.82 Å². The lowest BCUT2D eigenvalue weighted by atomic mass is 10.1. The Morgan fingerprint density at radius 2 is 2.09 bits per heavy atom. The summed E-state index contributed by atoms with van der Waals surface area (Å²) in [7, 11) is 0. The number of hydrogen-bond donors (Lipinski definition) is 0. The number of carbonyl (C=O) groups is 1. The van der Waals surface area contributed by atoms with Crippen molar-refractivity contribution in [1.82, 2.24) is 9.88 Å². The number of anilines is 1. The van der Waals surface area contributed by atoms with Crippen LogP contribution in [0.1, 0.15) is 20.8 Å². The third-order valence-electron chi connectivity index (χ3n) is 4.42. The molecule has 0 aliphatic carbocycles. The van der Waals surface area contributed by atoms with Crippen LogP contribution in [0, 0.1) is 0 Å². The van der Waals surface area contributed by atoms with Crippen molar-refractivity contribution in [2.24, 2.45) is 0 Å². The maximum atomic E-state index is 13.0. The quantitative estimate of drug-likeness (QED) is 0.847. The number of morpholine rings is 1. The first-order chi connectivity index (χ1) is 11.3. The Balaban J connectivity index is 1.59. The fourth-order valence-corrected chi connectivity index (χ4v) is 4.07. The lowest BCUT2D eigenvalue weighted by molar-refractivity contribution is 0.0735. The summed E-state index contributed by atoms with van der Waals surface area (Å²) < 4.78 is 5.40. The summed E-state index contributed by atoms with van der Waals surface area (Å²) in [5, 5.41) is 2.11. The molecule has 0 saturated carbocycles. The van der Waals surface area contributed by atoms with Crippen molar-refractivity contribution in [3.8, 4) is 0 Å². The molecular formula is C17H19N3O2S. The smallest absolute Gasteiger partial charge is 0.257 e. The molecule has 23 heavy (non-hydrogen) atoms. The molecule has 0 spiro atoms. The molecule has 1 fully saturated rings. The van der Waals surface area contributed by atoms with Gasteiger partial charge in [-0.25, -0.2) is 4.98 Å². The summed E-state index contributed by atoms with van der Waals surface area (Å²) in [6.07, 6.45) is 2.71. The maximum Gasteiger partial charge on any atom is 0.257 e. The molecule has 6 heteroatoms. The number of rotatable bonds is 2. The van der Waals surface area contributed by atoms with E-state index in [4.69, 9.17) is 4.74 Å². The van der Waals surface area contributed by atoms with Crippen LogP contribution in [-0.2, 0) is 17.7 Å². The van der Waals surface area contributed by atoms with Crippen LogP contribution in [0.2, 0.25) is 0 Å². The SMILES string of the molecule is O=C(c1cccnc1N1CCOCC1)N1CCc2sccc2C1. The number of fused-ring (bicyclic) bond motifs is 1. The van der Waals surface area contributed by atoms with E-state index in [0.717, 1.165) is 31.9 Å². The molecule has 1 amide bonds. The van der Waals surface area contributed by atoms with E-state index in [0.29, 0.717) is 25.3 Å². The lowest BCUT2D eigenvalue weighted by Crippen LogP contribution is -2.40. The van der Waals surface area contributed by atoms with Crippen LogP contribution in [-0.4, -0.2) is 48.6 Å². The van der Waals surface area contributed by atoms with Crippen molar-refractivity contribution in [2.45, 2.75) is 13.0 Å². The Kier molecular flexibility index (Phi) is 4.01. The zero-order valence-electron chi connectivity index (χ0n) is 12.9. The lowest BCUT2D eigenvalue weighted by Gasteiger charge is -2.31. The third kappa shape index (κ3) is 2.84. The van der Waals surface area contributed by atoms with E-state index < -0.39 is 0 Å². The van der Waals surface area contributed by atoms with E-state index in [2.05, 4.69) is 21.3 Å². The Bertz CT molecular complexity index is 709. The number of hydrogen-bond acceptors (Lipinski definition) is 5. The molecule has 4 heterocycles. The summed E-state index contributed by atoms with van der Waals surface area (Å²) in [6, 6.07) is 5.87. The summed E-state index contributed by atoms with van der Waals surface area (Å²) in [6.45, 7) is 4.43. The molecule has 0 radical (unpaired) electrons. The molecule has 0 unspecified atom stereocenters. The van der Waals surface area contributed by atoms with Crippen LogP contribution >= 0.6 is 11.3 Å². The number of carbonyl (C=O) groups excluding carboxylic acids is 1. The number of pyridine rings is 1. The van der Waals surface area contributed by atoms with Gasteiger partial charge in [-0.05, 0) is 35.6 Å². The van der Waals surface area contributed by atoms with Gasteiger partial charge in [0.05, 0.1) is 18.8 Å². The molecular weight excluding hydrogens is 310 g/mol. The highest BCUT2D eigenvalue weighted by atomic mass is 32.1. The van der Waals surface area contributed by atoms with Gasteiger partial charge >= 0.3 is 0 Å². The number of nitrogens with zero attached hydrogens (tertiary/aromatic N) is 3. The molecule has 1 saturated heterocycles. The number of thiophene rings is 1. The van der Waals surface area contributed by atoms with Gasteiger partial charge in [-0.3, -0.25) is 4.79 Å². The van der Waals surface area contributed by atoms with E-state index in [9.17, 15) is 4.79 Å². The predicted octanol–water partition coefficient (Wildman–Crippen LogP) is 2.18. The standard InChI is InChI=1S/C17H19N3O2S/c21-17(20-6-3-15-13(12-20)4-11-23-15)14-2-1-5-18-16(14)19-7-9-22-10-8-19/h1-2,4-5,11H,3,6-10,12H2. The van der Waals surface area contributed by atoms with E-state index >= 15 is 0 Å². The van der Waals surface area contributed by atoms with Crippen LogP contribution in [0.3, 0.4) is 0 Å². The highest BCUT2D eigenvalue weighted by molar-refractivity contribution is 7.10. The second-order valence-electron chi connectivity index (χ2n) is 5.82. The summed E-state index contributed by atoms with van der Waals surface area (Å²) in [5.74, 6) is 0.869. The second-order valence-corrected chi connectivity index (χ2v) is 6.82. The molecule has 2 aliphatic rings. The highest BCUT2D eigenvalue weighted by Crippen LogP contribution is 2.27. The van der Waals surface area contributed by atoms with Gasteiger partial charge in [0.15, 0.2) is 0 Å². The zero-order chi connectivity index (χ0) is 15.6. The Morgan fingerprint density at radius 1 is 1.22 bits per heavy atom. The Morgan fingerprint density at radius 3 is 2.96 bits per heavy atom. The molecule has 0 aromatic carbocycles. The Labute approximate surface area is 139 Å². The van der Waals surface area contributed by atoms with E-state index in [1.807, 2.05) is 17.0 Å². The van der Waals surface area contributed by atoms with Crippen molar-refractivity contribution in [1.29, 1.82) is 0 Å². The van der Waals surface area contributed by atoms with Crippen molar-refractivity contribution in [2.75, 3.05) is 37.7 Å². The van der Waals surface area contributed by atoms with Crippen molar-refractivity contribution in [3.05, 3.63) is 45.8 Å². The Hall–Kier alpha value is -1.92. The van der Waals surface area contributed by atoms with Gasteiger partial charge in [0, 0.05) is 37.3 Å². The fraction of sp³-hybridized carbons (Fsp3) is 0.412. The summed E-state index contributed by atoms with van der Waals surface area (Å²) >= 11 is 1.79. The molecule has 5 nitrogen and oxygen atoms in total.